The Balaban J connectivity index is 2.07. The van der Waals surface area contributed by atoms with E-state index < -0.39 is 0 Å². The molecule has 0 saturated carbocycles. The number of Topliss-reactive ketones (excluding diaryl/α,β-unsaturated/α-hetero) is 1. The lowest BCUT2D eigenvalue weighted by Gasteiger charge is -2.26. The van der Waals surface area contributed by atoms with Gasteiger partial charge in [0.15, 0.2) is 0 Å². The van der Waals surface area contributed by atoms with Gasteiger partial charge in [0.25, 0.3) is 0 Å². The maximum atomic E-state index is 12.0. The third kappa shape index (κ3) is 1.52. The minimum atomic E-state index is -0.156. The summed E-state index contributed by atoms with van der Waals surface area (Å²) in [4.78, 5) is 12.0. The van der Waals surface area contributed by atoms with Gasteiger partial charge in [-0.2, -0.15) is 0 Å². The van der Waals surface area contributed by atoms with Crippen molar-refractivity contribution in [1.82, 2.24) is 5.32 Å². The molecular weight excluding hydrogens is 162 g/mol. The molecule has 3 unspecified atom stereocenters. The average molecular weight is 181 g/mol. The highest BCUT2D eigenvalue weighted by atomic mass is 16.1. The van der Waals surface area contributed by atoms with E-state index in [-0.39, 0.29) is 5.41 Å². The van der Waals surface area contributed by atoms with Crippen LogP contribution in [0.2, 0.25) is 0 Å². The van der Waals surface area contributed by atoms with Gasteiger partial charge in [-0.3, -0.25) is 4.79 Å². The Bertz CT molecular complexity index is 229. The first-order valence-corrected chi connectivity index (χ1v) is 5.29. The minimum Gasteiger partial charge on any atom is -0.310 e. The predicted octanol–water partition coefficient (Wildman–Crippen LogP) is 1.74. The molecule has 2 saturated heterocycles. The van der Waals surface area contributed by atoms with Crippen LogP contribution >= 0.6 is 0 Å². The van der Waals surface area contributed by atoms with Crippen LogP contribution in [0.4, 0.5) is 0 Å². The first-order valence-electron chi connectivity index (χ1n) is 5.29. The first-order chi connectivity index (χ1) is 5.98. The van der Waals surface area contributed by atoms with Crippen LogP contribution in [-0.2, 0) is 4.79 Å². The molecular formula is C11H19NO. The Morgan fingerprint density at radius 2 is 2.00 bits per heavy atom. The molecule has 2 fully saturated rings. The second-order valence-electron chi connectivity index (χ2n) is 5.50. The molecule has 1 N–H and O–H groups in total. The normalized spacial score (nSPS) is 38.2. The number of hydrogen-bond donors (Lipinski definition) is 1. The molecule has 0 spiro atoms. The zero-order valence-electron chi connectivity index (χ0n) is 8.76. The van der Waals surface area contributed by atoms with Gasteiger partial charge < -0.3 is 5.32 Å². The molecule has 0 radical (unpaired) electrons. The molecule has 2 aliphatic heterocycles. The van der Waals surface area contributed by atoms with Gasteiger partial charge in [0.05, 0.1) is 0 Å². The summed E-state index contributed by atoms with van der Waals surface area (Å²) < 4.78 is 0. The molecule has 13 heavy (non-hydrogen) atoms. The van der Waals surface area contributed by atoms with Crippen molar-refractivity contribution >= 4 is 5.78 Å². The molecule has 2 rings (SSSR count). The lowest BCUT2D eigenvalue weighted by Crippen LogP contribution is -2.35. The van der Waals surface area contributed by atoms with E-state index in [1.165, 1.54) is 12.8 Å². The predicted molar refractivity (Wildman–Crippen MR) is 52.5 cm³/mol. The molecule has 74 valence electrons. The maximum absolute atomic E-state index is 12.0. The van der Waals surface area contributed by atoms with Gasteiger partial charge in [-0.15, -0.1) is 0 Å². The molecule has 2 aliphatic rings. The number of carbonyl (C=O) groups excluding carboxylic acids is 1. The van der Waals surface area contributed by atoms with Crippen molar-refractivity contribution < 1.29 is 4.79 Å². The maximum Gasteiger partial charge on any atom is 0.142 e. The van der Waals surface area contributed by atoms with Crippen molar-refractivity contribution in [2.75, 3.05) is 0 Å². The Morgan fingerprint density at radius 1 is 1.31 bits per heavy atom. The van der Waals surface area contributed by atoms with Gasteiger partial charge in [-0.05, 0) is 19.3 Å². The van der Waals surface area contributed by atoms with Crippen molar-refractivity contribution in [3.05, 3.63) is 0 Å². The Morgan fingerprint density at radius 3 is 2.38 bits per heavy atom. The van der Waals surface area contributed by atoms with Crippen LogP contribution in [0.25, 0.3) is 0 Å². The van der Waals surface area contributed by atoms with Crippen LogP contribution in [0.1, 0.15) is 40.0 Å². The monoisotopic (exact) mass is 181 g/mol. The zero-order chi connectivity index (χ0) is 9.64. The molecule has 2 nitrogen and oxygen atoms in total. The SMILES string of the molecule is CC(C)(C)C(=O)C1CC2CCC1N2. The van der Waals surface area contributed by atoms with E-state index in [2.05, 4.69) is 5.32 Å². The van der Waals surface area contributed by atoms with Crippen molar-refractivity contribution in [3.8, 4) is 0 Å². The molecule has 0 amide bonds. The second kappa shape index (κ2) is 2.81. The third-order valence-electron chi connectivity index (χ3n) is 3.38. The first kappa shape index (κ1) is 9.20. The van der Waals surface area contributed by atoms with Gasteiger partial charge in [-0.1, -0.05) is 20.8 Å². The van der Waals surface area contributed by atoms with Crippen LogP contribution in [0.3, 0.4) is 0 Å². The fourth-order valence-corrected chi connectivity index (χ4v) is 2.67. The molecule has 0 aromatic heterocycles. The molecule has 0 aromatic rings. The number of rotatable bonds is 1. The van der Waals surface area contributed by atoms with Crippen molar-refractivity contribution in [1.29, 1.82) is 0 Å². The quantitative estimate of drug-likeness (QED) is 0.667. The largest absolute Gasteiger partial charge is 0.310 e. The van der Waals surface area contributed by atoms with Crippen LogP contribution in [0, 0.1) is 11.3 Å². The highest BCUT2D eigenvalue weighted by Gasteiger charge is 2.45. The van der Waals surface area contributed by atoms with Crippen LogP contribution in [0.15, 0.2) is 0 Å². The summed E-state index contributed by atoms with van der Waals surface area (Å²) in [5, 5.41) is 3.51. The molecule has 2 heterocycles. The van der Waals surface area contributed by atoms with E-state index in [9.17, 15) is 4.79 Å². The van der Waals surface area contributed by atoms with E-state index in [0.717, 1.165) is 6.42 Å². The lowest BCUT2D eigenvalue weighted by molar-refractivity contribution is -0.131. The number of ketones is 1. The third-order valence-corrected chi connectivity index (χ3v) is 3.38. The van der Waals surface area contributed by atoms with E-state index in [1.807, 2.05) is 20.8 Å². The highest BCUT2D eigenvalue weighted by Crippen LogP contribution is 2.37. The Hall–Kier alpha value is -0.370. The van der Waals surface area contributed by atoms with Crippen molar-refractivity contribution in [3.63, 3.8) is 0 Å². The van der Waals surface area contributed by atoms with Crippen molar-refractivity contribution in [2.24, 2.45) is 11.3 Å². The molecule has 3 atom stereocenters. The lowest BCUT2D eigenvalue weighted by atomic mass is 9.76. The number of nitrogens with one attached hydrogen (secondary N) is 1. The standard InChI is InChI=1S/C11H19NO/c1-11(2,3)10(13)8-6-7-4-5-9(8)12-7/h7-9,12H,4-6H2,1-3H3. The summed E-state index contributed by atoms with van der Waals surface area (Å²) in [5.41, 5.74) is -0.156. The topological polar surface area (TPSA) is 29.1 Å². The van der Waals surface area contributed by atoms with E-state index in [0.29, 0.717) is 23.8 Å². The van der Waals surface area contributed by atoms with Gasteiger partial charge in [0, 0.05) is 23.4 Å². The second-order valence-corrected chi connectivity index (χ2v) is 5.50. The summed E-state index contributed by atoms with van der Waals surface area (Å²) >= 11 is 0. The average Bonchev–Trinajstić information content (AvgIpc) is 2.60. The van der Waals surface area contributed by atoms with Gasteiger partial charge >= 0.3 is 0 Å². The smallest absolute Gasteiger partial charge is 0.142 e. The highest BCUT2D eigenvalue weighted by molar-refractivity contribution is 5.87. The van der Waals surface area contributed by atoms with Gasteiger partial charge in [0.1, 0.15) is 5.78 Å². The van der Waals surface area contributed by atoms with Gasteiger partial charge in [-0.25, -0.2) is 0 Å². The molecule has 0 aliphatic carbocycles. The molecule has 0 aromatic carbocycles. The molecule has 2 heteroatoms. The van der Waals surface area contributed by atoms with E-state index in [4.69, 9.17) is 0 Å². The van der Waals surface area contributed by atoms with Crippen molar-refractivity contribution in [2.45, 2.75) is 52.1 Å². The fraction of sp³-hybridized carbons (Fsp3) is 0.909. The number of carbonyl (C=O) groups is 1. The van der Waals surface area contributed by atoms with Crippen LogP contribution < -0.4 is 5.32 Å². The van der Waals surface area contributed by atoms with Gasteiger partial charge in [0.2, 0.25) is 0 Å². The van der Waals surface area contributed by atoms with Crippen LogP contribution in [0.5, 0.6) is 0 Å². The fourth-order valence-electron chi connectivity index (χ4n) is 2.67. The number of fused-ring (bicyclic) bond motifs is 2. The summed E-state index contributed by atoms with van der Waals surface area (Å²) in [7, 11) is 0. The van der Waals surface area contributed by atoms with E-state index >= 15 is 0 Å². The number of hydrogen-bond acceptors (Lipinski definition) is 2. The Kier molecular flexibility index (Phi) is 1.99. The van der Waals surface area contributed by atoms with E-state index in [1.54, 1.807) is 0 Å². The minimum absolute atomic E-state index is 0.156. The van der Waals surface area contributed by atoms with Crippen LogP contribution in [-0.4, -0.2) is 17.9 Å². The molecule has 2 bridgehead atoms. The summed E-state index contributed by atoms with van der Waals surface area (Å²) in [6, 6.07) is 1.14. The Labute approximate surface area is 80.1 Å². The summed E-state index contributed by atoms with van der Waals surface area (Å²) in [5.74, 6) is 0.756. The summed E-state index contributed by atoms with van der Waals surface area (Å²) in [6.45, 7) is 6.09. The zero-order valence-corrected chi connectivity index (χ0v) is 8.76. The summed E-state index contributed by atoms with van der Waals surface area (Å²) in [6.07, 6.45) is 3.57.